The van der Waals surface area contributed by atoms with Gasteiger partial charge in [0.1, 0.15) is 0 Å². The Hall–Kier alpha value is -0.0800. The van der Waals surface area contributed by atoms with E-state index in [1.807, 2.05) is 0 Å². The molecule has 0 aromatic heterocycles. The molecular weight excluding hydrogens is 186 g/mol. The van der Waals surface area contributed by atoms with Crippen molar-refractivity contribution in [3.05, 3.63) is 5.21 Å². The smallest absolute Gasteiger partial charge is 0.0145 e. The van der Waals surface area contributed by atoms with Gasteiger partial charge < -0.3 is 10.3 Å². The average Bonchev–Trinajstić information content (AvgIpc) is 2.22. The molecule has 2 heteroatoms. The third kappa shape index (κ3) is 11.8. The molecule has 0 heterocycles. The molecule has 0 saturated heterocycles. The zero-order valence-electron chi connectivity index (χ0n) is 10.6. The molecule has 0 rings (SSSR count). The summed E-state index contributed by atoms with van der Waals surface area (Å²) in [7, 11) is 0. The second-order valence-corrected chi connectivity index (χ2v) is 4.40. The van der Waals surface area contributed by atoms with E-state index < -0.39 is 0 Å². The predicted molar refractivity (Wildman–Crippen MR) is 67.8 cm³/mol. The fourth-order valence-corrected chi connectivity index (χ4v) is 1.78. The molecule has 0 aromatic rings. The lowest BCUT2D eigenvalue weighted by Gasteiger charge is -2.27. The van der Waals surface area contributed by atoms with Crippen molar-refractivity contribution in [1.82, 2.24) is 5.06 Å². The van der Waals surface area contributed by atoms with Crippen molar-refractivity contribution in [1.29, 1.82) is 0 Å². The highest BCUT2D eigenvalue weighted by Gasteiger charge is 1.92. The van der Waals surface area contributed by atoms with Crippen LogP contribution < -0.4 is 0 Å². The average molecular weight is 214 g/mol. The number of unbranched alkanes of at least 4 members (excludes halogenated alkanes) is 7. The first kappa shape index (κ1) is 14.9. The maximum Gasteiger partial charge on any atom is -0.0145 e. The molecular formula is C13H28NO-. The van der Waals surface area contributed by atoms with Crippen LogP contribution in [0.25, 0.3) is 0 Å². The molecule has 0 aliphatic rings. The van der Waals surface area contributed by atoms with Gasteiger partial charge in [0.05, 0.1) is 0 Å². The van der Waals surface area contributed by atoms with Crippen molar-refractivity contribution < 1.29 is 0 Å². The molecule has 2 nitrogen and oxygen atoms in total. The predicted octanol–water partition coefficient (Wildman–Crippen LogP) is 4.34. The fourth-order valence-electron chi connectivity index (χ4n) is 1.78. The zero-order chi connectivity index (χ0) is 11.4. The molecule has 0 unspecified atom stereocenters. The van der Waals surface area contributed by atoms with Gasteiger partial charge in [-0.1, -0.05) is 58.8 Å². The summed E-state index contributed by atoms with van der Waals surface area (Å²) >= 11 is 0. The zero-order valence-corrected chi connectivity index (χ0v) is 10.6. The lowest BCUT2D eigenvalue weighted by atomic mass is 10.1. The molecule has 0 aromatic carbocycles. The van der Waals surface area contributed by atoms with E-state index in [0.717, 1.165) is 19.4 Å². The van der Waals surface area contributed by atoms with Gasteiger partial charge >= 0.3 is 0 Å². The van der Waals surface area contributed by atoms with Gasteiger partial charge in [-0.15, -0.1) is 0 Å². The van der Waals surface area contributed by atoms with Crippen molar-refractivity contribution in [2.24, 2.45) is 0 Å². The quantitative estimate of drug-likeness (QED) is 0.378. The molecule has 0 aliphatic carbocycles. The third-order valence-corrected chi connectivity index (χ3v) is 2.73. The van der Waals surface area contributed by atoms with Crippen LogP contribution in [0.2, 0.25) is 0 Å². The van der Waals surface area contributed by atoms with Gasteiger partial charge in [0.25, 0.3) is 0 Å². The highest BCUT2D eigenvalue weighted by Crippen LogP contribution is 2.08. The van der Waals surface area contributed by atoms with Gasteiger partial charge in [0, 0.05) is 0 Å². The largest absolute Gasteiger partial charge is 0.785 e. The second-order valence-electron chi connectivity index (χ2n) is 4.40. The highest BCUT2D eigenvalue weighted by molar-refractivity contribution is 4.56. The Morgan fingerprint density at radius 1 is 0.667 bits per heavy atom. The van der Waals surface area contributed by atoms with Crippen molar-refractivity contribution >= 4 is 0 Å². The summed E-state index contributed by atoms with van der Waals surface area (Å²) in [6.45, 7) is 5.74. The van der Waals surface area contributed by atoms with Crippen LogP contribution >= 0.6 is 0 Å². The van der Waals surface area contributed by atoms with Gasteiger partial charge in [-0.3, -0.25) is 0 Å². The molecule has 0 atom stereocenters. The molecule has 15 heavy (non-hydrogen) atoms. The Morgan fingerprint density at radius 3 is 1.73 bits per heavy atom. The van der Waals surface area contributed by atoms with Crippen molar-refractivity contribution in [2.75, 3.05) is 13.1 Å². The molecule has 0 N–H and O–H groups in total. The van der Waals surface area contributed by atoms with Crippen LogP contribution in [0.4, 0.5) is 0 Å². The van der Waals surface area contributed by atoms with E-state index in [9.17, 15) is 5.21 Å². The van der Waals surface area contributed by atoms with Crippen LogP contribution in [-0.4, -0.2) is 18.2 Å². The fraction of sp³-hybridized carbons (Fsp3) is 1.00. The first-order valence-electron chi connectivity index (χ1n) is 6.73. The Balaban J connectivity index is 2.98. The minimum Gasteiger partial charge on any atom is -0.785 e. The Morgan fingerprint density at radius 2 is 1.20 bits per heavy atom. The third-order valence-electron chi connectivity index (χ3n) is 2.73. The van der Waals surface area contributed by atoms with Crippen LogP contribution in [0, 0.1) is 5.21 Å². The van der Waals surface area contributed by atoms with Crippen LogP contribution in [0.3, 0.4) is 0 Å². The minimum atomic E-state index is 0.705. The number of hydrogen-bond acceptors (Lipinski definition) is 2. The number of nitrogens with zero attached hydrogens (tertiary/aromatic N) is 1. The standard InChI is InChI=1S/C13H28NO/c1-3-5-6-7-8-9-10-11-13-14(15)12-4-2/h3-13H2,1-2H3/q-1. The lowest BCUT2D eigenvalue weighted by molar-refractivity contribution is 0.363. The van der Waals surface area contributed by atoms with Crippen LogP contribution in [0.15, 0.2) is 0 Å². The molecule has 0 bridgehead atoms. The van der Waals surface area contributed by atoms with Gasteiger partial charge in [-0.25, -0.2) is 0 Å². The first-order chi connectivity index (χ1) is 7.31. The maximum absolute atomic E-state index is 11.1. The topological polar surface area (TPSA) is 26.3 Å². The Bertz CT molecular complexity index is 117. The van der Waals surface area contributed by atoms with E-state index in [2.05, 4.69) is 13.8 Å². The van der Waals surface area contributed by atoms with Gasteiger partial charge in [0.15, 0.2) is 0 Å². The van der Waals surface area contributed by atoms with Crippen LogP contribution in [0.5, 0.6) is 0 Å². The van der Waals surface area contributed by atoms with E-state index in [-0.39, 0.29) is 0 Å². The summed E-state index contributed by atoms with van der Waals surface area (Å²) in [5, 5.41) is 12.3. The van der Waals surface area contributed by atoms with Gasteiger partial charge in [0.2, 0.25) is 0 Å². The summed E-state index contributed by atoms with van der Waals surface area (Å²) in [5.41, 5.74) is 0. The van der Waals surface area contributed by atoms with E-state index >= 15 is 0 Å². The van der Waals surface area contributed by atoms with E-state index in [1.54, 1.807) is 0 Å². The monoisotopic (exact) mass is 214 g/mol. The van der Waals surface area contributed by atoms with Crippen LogP contribution in [-0.2, 0) is 0 Å². The van der Waals surface area contributed by atoms with Gasteiger partial charge in [-0.2, -0.15) is 0 Å². The summed E-state index contributed by atoms with van der Waals surface area (Å²) < 4.78 is 0. The van der Waals surface area contributed by atoms with Crippen molar-refractivity contribution in [3.63, 3.8) is 0 Å². The first-order valence-corrected chi connectivity index (χ1v) is 6.73. The molecule has 0 aliphatic heterocycles. The normalized spacial score (nSPS) is 11.2. The molecule has 0 spiro atoms. The van der Waals surface area contributed by atoms with E-state index in [0.29, 0.717) is 6.54 Å². The van der Waals surface area contributed by atoms with Crippen molar-refractivity contribution in [2.45, 2.75) is 71.6 Å². The Labute approximate surface area is 95.6 Å². The molecule has 0 radical (unpaired) electrons. The van der Waals surface area contributed by atoms with Crippen molar-refractivity contribution in [3.8, 4) is 0 Å². The number of rotatable bonds is 11. The van der Waals surface area contributed by atoms with Gasteiger partial charge in [-0.05, 0) is 25.9 Å². The summed E-state index contributed by atoms with van der Waals surface area (Å²) in [5.74, 6) is 0. The minimum absolute atomic E-state index is 0.705. The summed E-state index contributed by atoms with van der Waals surface area (Å²) in [4.78, 5) is 0. The number of hydrogen-bond donors (Lipinski definition) is 0. The highest BCUT2D eigenvalue weighted by atomic mass is 16.5. The maximum atomic E-state index is 11.1. The van der Waals surface area contributed by atoms with E-state index in [4.69, 9.17) is 0 Å². The lowest BCUT2D eigenvalue weighted by Crippen LogP contribution is -2.18. The van der Waals surface area contributed by atoms with E-state index in [1.165, 1.54) is 50.0 Å². The molecule has 92 valence electrons. The summed E-state index contributed by atoms with van der Waals surface area (Å²) in [6, 6.07) is 0. The Kier molecular flexibility index (Phi) is 11.9. The second kappa shape index (κ2) is 12.0. The SMILES string of the molecule is CCCCCCCCCCN([O-])CCC. The number of hydroxylamine groups is 2. The molecule has 0 saturated carbocycles. The molecule has 0 amide bonds. The summed E-state index contributed by atoms with van der Waals surface area (Å²) in [6.07, 6.45) is 11.4. The molecule has 0 fully saturated rings. The van der Waals surface area contributed by atoms with Crippen LogP contribution in [0.1, 0.15) is 71.6 Å².